The lowest BCUT2D eigenvalue weighted by molar-refractivity contribution is 0.510. The van der Waals surface area contributed by atoms with Crippen LogP contribution in [0.4, 0.5) is 5.82 Å². The van der Waals surface area contributed by atoms with Crippen molar-refractivity contribution in [3.8, 4) is 11.4 Å². The minimum absolute atomic E-state index is 0.177. The molecule has 0 aromatic carbocycles. The highest BCUT2D eigenvalue weighted by molar-refractivity contribution is 5.59. The van der Waals surface area contributed by atoms with Gasteiger partial charge in [-0.15, -0.1) is 0 Å². The van der Waals surface area contributed by atoms with Gasteiger partial charge in [0.25, 0.3) is 0 Å². The number of hydrogen-bond donors (Lipinski definition) is 2. The average Bonchev–Trinajstić information content (AvgIpc) is 3.12. The third-order valence-corrected chi connectivity index (χ3v) is 4.57. The summed E-state index contributed by atoms with van der Waals surface area (Å²) in [6, 6.07) is 4.06. The van der Waals surface area contributed by atoms with E-state index in [0.29, 0.717) is 0 Å². The van der Waals surface area contributed by atoms with Crippen molar-refractivity contribution in [2.24, 2.45) is 0 Å². The maximum absolute atomic E-state index is 4.83. The van der Waals surface area contributed by atoms with Crippen molar-refractivity contribution >= 4 is 5.82 Å². The lowest BCUT2D eigenvalue weighted by atomic mass is 10.1. The number of hydrogen-bond acceptors (Lipinski definition) is 7. The molecule has 8 heteroatoms. The highest BCUT2D eigenvalue weighted by Crippen LogP contribution is 2.24. The van der Waals surface area contributed by atoms with E-state index >= 15 is 0 Å². The Bertz CT molecular complexity index is 847. The largest absolute Gasteiger partial charge is 0.368 e. The van der Waals surface area contributed by atoms with Gasteiger partial charge in [-0.2, -0.15) is 5.10 Å². The maximum atomic E-state index is 4.83. The first-order valence-corrected chi connectivity index (χ1v) is 8.90. The molecule has 3 aromatic rings. The molecule has 0 radical (unpaired) electrons. The van der Waals surface area contributed by atoms with Crippen molar-refractivity contribution in [2.45, 2.75) is 25.8 Å². The Kier molecular flexibility index (Phi) is 4.83. The second-order valence-corrected chi connectivity index (χ2v) is 6.41. The molecule has 0 aliphatic carbocycles. The van der Waals surface area contributed by atoms with Crippen LogP contribution in [0.1, 0.15) is 24.2 Å². The molecule has 3 aromatic heterocycles. The summed E-state index contributed by atoms with van der Waals surface area (Å²) in [6.45, 7) is 4.70. The third-order valence-electron chi connectivity index (χ3n) is 4.57. The fourth-order valence-corrected chi connectivity index (χ4v) is 3.10. The van der Waals surface area contributed by atoms with E-state index in [4.69, 9.17) is 9.97 Å². The Morgan fingerprint density at radius 3 is 2.81 bits per heavy atom. The quantitative estimate of drug-likeness (QED) is 0.720. The van der Waals surface area contributed by atoms with Gasteiger partial charge in [-0.05, 0) is 32.0 Å². The molecule has 0 fully saturated rings. The molecular weight excluding hydrogens is 328 g/mol. The van der Waals surface area contributed by atoms with Gasteiger partial charge in [-0.3, -0.25) is 4.98 Å². The smallest absolute Gasteiger partial charge is 0.161 e. The minimum Gasteiger partial charge on any atom is -0.368 e. The van der Waals surface area contributed by atoms with Gasteiger partial charge in [-0.1, -0.05) is 0 Å². The van der Waals surface area contributed by atoms with E-state index in [1.807, 2.05) is 16.8 Å². The molecule has 0 saturated heterocycles. The molecule has 1 aliphatic heterocycles. The fourth-order valence-electron chi connectivity index (χ4n) is 3.10. The summed E-state index contributed by atoms with van der Waals surface area (Å²) >= 11 is 0. The van der Waals surface area contributed by atoms with Crippen molar-refractivity contribution in [3.63, 3.8) is 0 Å². The number of fused-ring (bicyclic) bond motifs is 1. The van der Waals surface area contributed by atoms with Gasteiger partial charge in [0, 0.05) is 43.0 Å². The highest BCUT2D eigenvalue weighted by Gasteiger charge is 2.18. The van der Waals surface area contributed by atoms with Gasteiger partial charge in [0.15, 0.2) is 5.82 Å². The fraction of sp³-hybridized carbons (Fsp3) is 0.389. The van der Waals surface area contributed by atoms with Gasteiger partial charge in [-0.25, -0.2) is 19.6 Å². The zero-order valence-electron chi connectivity index (χ0n) is 14.8. The van der Waals surface area contributed by atoms with Crippen molar-refractivity contribution in [3.05, 3.63) is 48.4 Å². The molecular formula is C18H22N8. The molecule has 4 rings (SSSR count). The van der Waals surface area contributed by atoms with E-state index in [9.17, 15) is 0 Å². The predicted octanol–water partition coefficient (Wildman–Crippen LogP) is 1.49. The first-order valence-electron chi connectivity index (χ1n) is 8.90. The number of rotatable bonds is 5. The van der Waals surface area contributed by atoms with E-state index < -0.39 is 0 Å². The number of pyridine rings is 1. The molecule has 4 heterocycles. The second-order valence-electron chi connectivity index (χ2n) is 6.41. The molecule has 8 nitrogen and oxygen atoms in total. The summed E-state index contributed by atoms with van der Waals surface area (Å²) in [5.74, 6) is 1.65. The average molecular weight is 350 g/mol. The van der Waals surface area contributed by atoms with E-state index in [2.05, 4.69) is 32.6 Å². The lowest BCUT2D eigenvalue weighted by Crippen LogP contribution is -2.19. The van der Waals surface area contributed by atoms with Crippen LogP contribution in [0, 0.1) is 0 Å². The van der Waals surface area contributed by atoms with Gasteiger partial charge in [0.1, 0.15) is 18.5 Å². The zero-order valence-corrected chi connectivity index (χ0v) is 14.8. The molecule has 0 bridgehead atoms. The Labute approximate surface area is 152 Å². The summed E-state index contributed by atoms with van der Waals surface area (Å²) in [4.78, 5) is 17.8. The van der Waals surface area contributed by atoms with Crippen molar-refractivity contribution in [1.82, 2.24) is 35.0 Å². The standard InChI is InChI=1S/C18H22N8/c1-13(26-12-21-11-23-26)10-22-18-15-4-8-20-9-5-16(15)24-17(25-18)14-2-6-19-7-3-14/h2-3,6-7,11-13,20H,4-5,8-10H2,1H3,(H,22,24,25)/t13-/m0/s1. The zero-order chi connectivity index (χ0) is 17.8. The highest BCUT2D eigenvalue weighted by atomic mass is 15.3. The monoisotopic (exact) mass is 350 g/mol. The normalized spacial score (nSPS) is 15.1. The maximum Gasteiger partial charge on any atom is 0.161 e. The van der Waals surface area contributed by atoms with Crippen LogP contribution in [-0.4, -0.2) is 49.4 Å². The summed E-state index contributed by atoms with van der Waals surface area (Å²) in [6.07, 6.45) is 8.66. The van der Waals surface area contributed by atoms with Crippen molar-refractivity contribution in [1.29, 1.82) is 0 Å². The molecule has 0 unspecified atom stereocenters. The van der Waals surface area contributed by atoms with Crippen LogP contribution in [0.3, 0.4) is 0 Å². The lowest BCUT2D eigenvalue weighted by Gasteiger charge is -2.17. The first kappa shape index (κ1) is 16.6. The van der Waals surface area contributed by atoms with Crippen LogP contribution in [0.15, 0.2) is 37.2 Å². The van der Waals surface area contributed by atoms with Crippen LogP contribution < -0.4 is 10.6 Å². The summed E-state index contributed by atoms with van der Waals surface area (Å²) in [5, 5.41) is 11.2. The third kappa shape index (κ3) is 3.55. The van der Waals surface area contributed by atoms with Gasteiger partial charge < -0.3 is 10.6 Å². The van der Waals surface area contributed by atoms with Crippen LogP contribution in [0.5, 0.6) is 0 Å². The number of nitrogens with one attached hydrogen (secondary N) is 2. The van der Waals surface area contributed by atoms with Gasteiger partial charge >= 0.3 is 0 Å². The molecule has 26 heavy (non-hydrogen) atoms. The van der Waals surface area contributed by atoms with Crippen molar-refractivity contribution < 1.29 is 0 Å². The Morgan fingerprint density at radius 2 is 2.00 bits per heavy atom. The molecule has 0 amide bonds. The summed E-state index contributed by atoms with van der Waals surface area (Å²) in [5.41, 5.74) is 3.30. The van der Waals surface area contributed by atoms with Gasteiger partial charge in [0.05, 0.1) is 11.7 Å². The molecule has 0 spiro atoms. The van der Waals surface area contributed by atoms with Crippen LogP contribution >= 0.6 is 0 Å². The predicted molar refractivity (Wildman–Crippen MR) is 98.8 cm³/mol. The number of anilines is 1. The Morgan fingerprint density at radius 1 is 1.15 bits per heavy atom. The van der Waals surface area contributed by atoms with E-state index in [-0.39, 0.29) is 6.04 Å². The molecule has 0 saturated carbocycles. The summed E-state index contributed by atoms with van der Waals surface area (Å²) in [7, 11) is 0. The van der Waals surface area contributed by atoms with E-state index in [1.54, 1.807) is 25.0 Å². The summed E-state index contributed by atoms with van der Waals surface area (Å²) < 4.78 is 1.85. The topological polar surface area (TPSA) is 93.4 Å². The van der Waals surface area contributed by atoms with Crippen LogP contribution in [-0.2, 0) is 12.8 Å². The second kappa shape index (κ2) is 7.57. The van der Waals surface area contributed by atoms with Crippen molar-refractivity contribution in [2.75, 3.05) is 25.0 Å². The Balaban J connectivity index is 1.65. The molecule has 1 aliphatic rings. The molecule has 134 valence electrons. The minimum atomic E-state index is 0.177. The van der Waals surface area contributed by atoms with E-state index in [1.165, 1.54) is 5.56 Å². The van der Waals surface area contributed by atoms with Crippen LogP contribution in [0.25, 0.3) is 11.4 Å². The Hall–Kier alpha value is -2.87. The number of nitrogens with zero attached hydrogens (tertiary/aromatic N) is 6. The van der Waals surface area contributed by atoms with Gasteiger partial charge in [0.2, 0.25) is 0 Å². The SMILES string of the molecule is C[C@@H](CNc1nc(-c2ccncc2)nc2c1CCNCC2)n1cncn1. The van der Waals surface area contributed by atoms with Crippen LogP contribution in [0.2, 0.25) is 0 Å². The van der Waals surface area contributed by atoms with E-state index in [0.717, 1.165) is 55.4 Å². The first-order chi connectivity index (χ1) is 12.8. The molecule has 2 N–H and O–H groups in total. The number of aromatic nitrogens is 6. The molecule has 1 atom stereocenters.